The number of ether oxygens (including phenoxy) is 2. The van der Waals surface area contributed by atoms with Crippen LogP contribution in [0.5, 0.6) is 5.75 Å². The van der Waals surface area contributed by atoms with E-state index in [4.69, 9.17) is 9.47 Å². The van der Waals surface area contributed by atoms with E-state index in [9.17, 15) is 14.7 Å². The van der Waals surface area contributed by atoms with Gasteiger partial charge in [0.25, 0.3) is 0 Å². The van der Waals surface area contributed by atoms with Gasteiger partial charge in [-0.05, 0) is 82.6 Å². The van der Waals surface area contributed by atoms with Crippen molar-refractivity contribution in [2.45, 2.75) is 85.9 Å². The average Bonchev–Trinajstić information content (AvgIpc) is 2.90. The molecule has 1 fully saturated rings. The number of carbonyl (C=O) groups excluding carboxylic acids is 2. The highest BCUT2D eigenvalue weighted by atomic mass is 16.5. The summed E-state index contributed by atoms with van der Waals surface area (Å²) in [5.74, 6) is -0.404. The lowest BCUT2D eigenvalue weighted by atomic mass is 9.67. The third-order valence-electron chi connectivity index (χ3n) is 7.37. The van der Waals surface area contributed by atoms with Crippen molar-refractivity contribution in [3.8, 4) is 5.75 Å². The number of fused-ring (bicyclic) bond motifs is 1. The molecule has 0 aliphatic heterocycles. The van der Waals surface area contributed by atoms with Crippen molar-refractivity contribution in [2.24, 2.45) is 22.7 Å². The fourth-order valence-electron chi connectivity index (χ4n) is 5.21. The maximum absolute atomic E-state index is 13.1. The lowest BCUT2D eigenvalue weighted by Crippen LogP contribution is -2.50. The van der Waals surface area contributed by atoms with Gasteiger partial charge in [0.05, 0.1) is 16.6 Å². The van der Waals surface area contributed by atoms with E-state index in [0.29, 0.717) is 17.7 Å². The molecule has 0 bridgehead atoms. The van der Waals surface area contributed by atoms with Gasteiger partial charge in [0.1, 0.15) is 11.9 Å². The van der Waals surface area contributed by atoms with Crippen molar-refractivity contribution in [1.29, 1.82) is 0 Å². The average molecular weight is 443 g/mol. The van der Waals surface area contributed by atoms with Crippen LogP contribution in [0.15, 0.2) is 35.9 Å². The molecule has 0 amide bonds. The number of aliphatic hydroxyl groups is 1. The van der Waals surface area contributed by atoms with E-state index >= 15 is 0 Å². The number of hydrogen-bond donors (Lipinski definition) is 1. The number of benzene rings is 1. The normalized spacial score (nSPS) is 30.3. The minimum Gasteiger partial charge on any atom is -0.458 e. The summed E-state index contributed by atoms with van der Waals surface area (Å²) in [7, 11) is 0. The molecule has 1 saturated carbocycles. The van der Waals surface area contributed by atoms with Crippen LogP contribution in [0.4, 0.5) is 0 Å². The molecule has 2 aliphatic rings. The number of carbonyl (C=O) groups is 2. The zero-order valence-electron chi connectivity index (χ0n) is 20.5. The second-order valence-electron chi connectivity index (χ2n) is 11.3. The van der Waals surface area contributed by atoms with Crippen molar-refractivity contribution in [2.75, 3.05) is 0 Å². The van der Waals surface area contributed by atoms with Crippen molar-refractivity contribution in [3.05, 3.63) is 41.5 Å². The van der Waals surface area contributed by atoms with E-state index in [1.807, 2.05) is 13.8 Å². The number of rotatable bonds is 4. The molecule has 3 rings (SSSR count). The summed E-state index contributed by atoms with van der Waals surface area (Å²) in [4.78, 5) is 25.2. The molecule has 5 heteroatoms. The van der Waals surface area contributed by atoms with Crippen LogP contribution < -0.4 is 4.74 Å². The van der Waals surface area contributed by atoms with E-state index in [0.717, 1.165) is 19.3 Å². The first-order valence-corrected chi connectivity index (χ1v) is 11.7. The maximum atomic E-state index is 13.1. The summed E-state index contributed by atoms with van der Waals surface area (Å²) in [6.45, 7) is 13.8. The van der Waals surface area contributed by atoms with Gasteiger partial charge in [-0.1, -0.05) is 32.4 Å². The van der Waals surface area contributed by atoms with Gasteiger partial charge in [-0.2, -0.15) is 0 Å². The molecule has 1 N–H and O–H groups in total. The monoisotopic (exact) mass is 442 g/mol. The Balaban J connectivity index is 1.80. The Morgan fingerprint density at radius 3 is 2.31 bits per heavy atom. The van der Waals surface area contributed by atoms with Crippen molar-refractivity contribution in [3.63, 3.8) is 0 Å². The first-order chi connectivity index (χ1) is 14.8. The second-order valence-corrected chi connectivity index (χ2v) is 11.3. The van der Waals surface area contributed by atoms with E-state index in [-0.39, 0.29) is 29.3 Å². The molecule has 32 heavy (non-hydrogen) atoms. The van der Waals surface area contributed by atoms with Crippen LogP contribution in [0.2, 0.25) is 0 Å². The van der Waals surface area contributed by atoms with Gasteiger partial charge in [-0.15, -0.1) is 0 Å². The Morgan fingerprint density at radius 2 is 1.75 bits per heavy atom. The Kier molecular flexibility index (Phi) is 6.63. The predicted molar refractivity (Wildman–Crippen MR) is 124 cm³/mol. The Morgan fingerprint density at radius 1 is 1.12 bits per heavy atom. The van der Waals surface area contributed by atoms with Gasteiger partial charge >= 0.3 is 11.9 Å². The summed E-state index contributed by atoms with van der Waals surface area (Å²) in [5, 5.41) is 11.6. The van der Waals surface area contributed by atoms with Gasteiger partial charge in [0.2, 0.25) is 0 Å². The minimum atomic E-state index is -0.858. The number of esters is 2. The molecule has 1 aromatic carbocycles. The number of hydrogen-bond acceptors (Lipinski definition) is 5. The van der Waals surface area contributed by atoms with Gasteiger partial charge in [-0.25, -0.2) is 4.79 Å². The van der Waals surface area contributed by atoms with Crippen LogP contribution in [-0.2, 0) is 9.53 Å². The van der Waals surface area contributed by atoms with Crippen LogP contribution in [0.3, 0.4) is 0 Å². The van der Waals surface area contributed by atoms with Crippen molar-refractivity contribution in [1.82, 2.24) is 0 Å². The molecule has 0 spiro atoms. The van der Waals surface area contributed by atoms with Crippen LogP contribution >= 0.6 is 0 Å². The smallest absolute Gasteiger partial charge is 0.338 e. The molecule has 0 aromatic heterocycles. The molecule has 1 aromatic rings. The minimum absolute atomic E-state index is 0.0747. The van der Waals surface area contributed by atoms with Gasteiger partial charge in [0.15, 0.2) is 0 Å². The summed E-state index contributed by atoms with van der Waals surface area (Å²) >= 11 is 0. The fraction of sp³-hybridized carbons (Fsp3) is 0.630. The van der Waals surface area contributed by atoms with E-state index < -0.39 is 17.0 Å². The standard InChI is InChI=1S/C27H38O5/c1-17(2)27(30)15-14-26(7)13-12-18(3)16-21(22(26)27)32-23(28)19-8-10-20(11-9-19)31-24(29)25(4,5)6/h8-12,17,21-22,30H,13-16H2,1-7H3/t21-,22+,26-,27+/m0/s1. The molecule has 4 atom stereocenters. The van der Waals surface area contributed by atoms with E-state index in [1.165, 1.54) is 5.57 Å². The SMILES string of the molecule is CC1=CC[C@@]2(C)CC[C@@](O)(C(C)C)[C@@H]2[C@@H](OC(=O)c2ccc(OC(=O)C(C)(C)C)cc2)C1. The number of allylic oxidation sites excluding steroid dienone is 1. The molecular weight excluding hydrogens is 404 g/mol. The second kappa shape index (κ2) is 8.66. The van der Waals surface area contributed by atoms with Crippen LogP contribution in [0, 0.1) is 22.7 Å². The van der Waals surface area contributed by atoms with Gasteiger partial charge < -0.3 is 14.6 Å². The zero-order chi connectivity index (χ0) is 23.9. The highest BCUT2D eigenvalue weighted by molar-refractivity contribution is 5.89. The lowest BCUT2D eigenvalue weighted by molar-refractivity contribution is -0.143. The Hall–Kier alpha value is -2.14. The van der Waals surface area contributed by atoms with Crippen LogP contribution in [0.25, 0.3) is 0 Å². The van der Waals surface area contributed by atoms with Gasteiger partial charge in [0, 0.05) is 12.3 Å². The molecule has 0 radical (unpaired) electrons. The van der Waals surface area contributed by atoms with E-state index in [1.54, 1.807) is 45.0 Å². The summed E-state index contributed by atoms with van der Waals surface area (Å²) in [5.41, 5.74) is 0.0210. The molecule has 176 valence electrons. The van der Waals surface area contributed by atoms with E-state index in [2.05, 4.69) is 19.9 Å². The first-order valence-electron chi connectivity index (χ1n) is 11.7. The third-order valence-corrected chi connectivity index (χ3v) is 7.37. The lowest BCUT2D eigenvalue weighted by Gasteiger charge is -2.43. The maximum Gasteiger partial charge on any atom is 0.338 e. The van der Waals surface area contributed by atoms with Crippen molar-refractivity contribution < 1.29 is 24.2 Å². The quantitative estimate of drug-likeness (QED) is 0.367. The van der Waals surface area contributed by atoms with Crippen LogP contribution in [-0.4, -0.2) is 28.8 Å². The predicted octanol–water partition coefficient (Wildman–Crippen LogP) is 5.71. The van der Waals surface area contributed by atoms with Crippen LogP contribution in [0.1, 0.15) is 84.5 Å². The van der Waals surface area contributed by atoms with Gasteiger partial charge in [-0.3, -0.25) is 4.79 Å². The molecule has 0 saturated heterocycles. The summed E-state index contributed by atoms with van der Waals surface area (Å²) in [6, 6.07) is 6.47. The topological polar surface area (TPSA) is 72.8 Å². The highest BCUT2D eigenvalue weighted by Crippen LogP contribution is 2.58. The first kappa shape index (κ1) is 24.5. The summed E-state index contributed by atoms with van der Waals surface area (Å²) in [6.07, 6.45) is 5.01. The fourth-order valence-corrected chi connectivity index (χ4v) is 5.21. The largest absolute Gasteiger partial charge is 0.458 e. The highest BCUT2D eigenvalue weighted by Gasteiger charge is 2.59. The Labute approximate surface area is 192 Å². The molecular formula is C27H38O5. The third kappa shape index (κ3) is 4.78. The molecule has 0 heterocycles. The molecule has 2 aliphatic carbocycles. The Bertz CT molecular complexity index is 892. The van der Waals surface area contributed by atoms with Crippen molar-refractivity contribution >= 4 is 11.9 Å². The molecule has 5 nitrogen and oxygen atoms in total. The summed E-state index contributed by atoms with van der Waals surface area (Å²) < 4.78 is 11.5. The zero-order valence-corrected chi connectivity index (χ0v) is 20.5. The molecule has 0 unspecified atom stereocenters.